The largest absolute Gasteiger partial charge is 0.272 e. The maximum atomic E-state index is 11.8. The van der Waals surface area contributed by atoms with Crippen molar-refractivity contribution in [1.29, 1.82) is 0 Å². The third-order valence-corrected chi connectivity index (χ3v) is 3.44. The fraction of sp³-hybridized carbons (Fsp3) is 0. The van der Waals surface area contributed by atoms with Gasteiger partial charge in [-0.25, -0.2) is 4.90 Å². The highest BCUT2D eigenvalue weighted by atomic mass is 79.9. The van der Waals surface area contributed by atoms with Gasteiger partial charge in [-0.2, -0.15) is 0 Å². The second-order valence-corrected chi connectivity index (χ2v) is 4.86. The number of carbonyl (C=O) groups is 2. The molecule has 1 aliphatic heterocycles. The van der Waals surface area contributed by atoms with E-state index in [0.717, 1.165) is 15.7 Å². The predicted molar refractivity (Wildman–Crippen MR) is 73.5 cm³/mol. The van der Waals surface area contributed by atoms with Crippen molar-refractivity contribution in [3.8, 4) is 0 Å². The monoisotopic (exact) mass is 301 g/mol. The second kappa shape index (κ2) is 4.07. The lowest BCUT2D eigenvalue weighted by Gasteiger charge is -2.14. The minimum Gasteiger partial charge on any atom is -0.269 e. The molecule has 0 aromatic heterocycles. The number of carbonyl (C=O) groups excluding carboxylic acids is 2. The summed E-state index contributed by atoms with van der Waals surface area (Å²) in [6, 6.07) is 13.3. The van der Waals surface area contributed by atoms with Gasteiger partial charge in [0.05, 0.1) is 10.2 Å². The molecule has 0 radical (unpaired) electrons. The third kappa shape index (κ3) is 1.66. The molecular weight excluding hydrogens is 294 g/mol. The fourth-order valence-corrected chi connectivity index (χ4v) is 2.38. The normalized spacial score (nSPS) is 15.4. The summed E-state index contributed by atoms with van der Waals surface area (Å²) in [5, 5.41) is 2.07. The molecule has 0 N–H and O–H groups in total. The molecule has 2 aromatic rings. The highest BCUT2D eigenvalue weighted by Gasteiger charge is 2.30. The molecular formula is C14H8BrNO2. The molecule has 0 unspecified atom stereocenters. The SMILES string of the molecule is O=C1C=C(Br)C(=O)N1c1ccc2ccccc2c1. The van der Waals surface area contributed by atoms with Crippen molar-refractivity contribution in [2.75, 3.05) is 4.90 Å². The lowest BCUT2D eigenvalue weighted by molar-refractivity contribution is -0.120. The van der Waals surface area contributed by atoms with Gasteiger partial charge in [-0.05, 0) is 38.8 Å². The van der Waals surface area contributed by atoms with Gasteiger partial charge in [0.15, 0.2) is 0 Å². The van der Waals surface area contributed by atoms with Crippen LogP contribution in [-0.4, -0.2) is 11.8 Å². The number of anilines is 1. The standard InChI is InChI=1S/C14H8BrNO2/c15-12-8-13(17)16(14(12)18)11-6-5-9-3-1-2-4-10(9)7-11/h1-8H. The molecule has 2 amide bonds. The van der Waals surface area contributed by atoms with Crippen molar-refractivity contribution >= 4 is 44.2 Å². The Morgan fingerprint density at radius 1 is 0.944 bits per heavy atom. The fourth-order valence-electron chi connectivity index (χ4n) is 2.00. The van der Waals surface area contributed by atoms with Crippen LogP contribution in [0, 0.1) is 0 Å². The smallest absolute Gasteiger partial charge is 0.269 e. The van der Waals surface area contributed by atoms with Gasteiger partial charge in [-0.15, -0.1) is 0 Å². The first-order valence-corrected chi connectivity index (χ1v) is 6.20. The molecule has 0 atom stereocenters. The van der Waals surface area contributed by atoms with Gasteiger partial charge in [0, 0.05) is 6.08 Å². The van der Waals surface area contributed by atoms with Crippen LogP contribution >= 0.6 is 15.9 Å². The van der Waals surface area contributed by atoms with Crippen molar-refractivity contribution in [1.82, 2.24) is 0 Å². The molecule has 3 nitrogen and oxygen atoms in total. The topological polar surface area (TPSA) is 37.4 Å². The van der Waals surface area contributed by atoms with Crippen LogP contribution in [0.25, 0.3) is 10.8 Å². The third-order valence-electron chi connectivity index (χ3n) is 2.87. The highest BCUT2D eigenvalue weighted by Crippen LogP contribution is 2.28. The number of imide groups is 1. The summed E-state index contributed by atoms with van der Waals surface area (Å²) in [6.07, 6.45) is 1.29. The van der Waals surface area contributed by atoms with Crippen LogP contribution in [-0.2, 0) is 9.59 Å². The molecule has 3 rings (SSSR count). The average Bonchev–Trinajstić information content (AvgIpc) is 2.63. The Labute approximate surface area is 112 Å². The minimum absolute atomic E-state index is 0.292. The molecule has 1 aliphatic rings. The van der Waals surface area contributed by atoms with Crippen LogP contribution < -0.4 is 4.90 Å². The average molecular weight is 302 g/mol. The summed E-state index contributed by atoms with van der Waals surface area (Å²) < 4.78 is 0.292. The van der Waals surface area contributed by atoms with Crippen LogP contribution in [0.15, 0.2) is 53.0 Å². The number of rotatable bonds is 1. The number of nitrogens with zero attached hydrogens (tertiary/aromatic N) is 1. The van der Waals surface area contributed by atoms with E-state index in [-0.39, 0.29) is 11.8 Å². The number of halogens is 1. The molecule has 0 saturated heterocycles. The molecule has 0 bridgehead atoms. The van der Waals surface area contributed by atoms with E-state index < -0.39 is 0 Å². The quantitative estimate of drug-likeness (QED) is 0.759. The molecule has 18 heavy (non-hydrogen) atoms. The number of hydrogen-bond acceptors (Lipinski definition) is 2. The second-order valence-electron chi connectivity index (χ2n) is 4.00. The first-order chi connectivity index (χ1) is 8.66. The van der Waals surface area contributed by atoms with E-state index in [1.165, 1.54) is 6.08 Å². The van der Waals surface area contributed by atoms with Crippen molar-refractivity contribution in [2.24, 2.45) is 0 Å². The van der Waals surface area contributed by atoms with E-state index in [2.05, 4.69) is 15.9 Å². The van der Waals surface area contributed by atoms with E-state index in [1.54, 1.807) is 6.07 Å². The van der Waals surface area contributed by atoms with E-state index in [9.17, 15) is 9.59 Å². The van der Waals surface area contributed by atoms with E-state index in [4.69, 9.17) is 0 Å². The Hall–Kier alpha value is -1.94. The number of amides is 2. The van der Waals surface area contributed by atoms with Gasteiger partial charge >= 0.3 is 0 Å². The maximum Gasteiger partial charge on any atom is 0.272 e. The summed E-state index contributed by atoms with van der Waals surface area (Å²) in [4.78, 5) is 24.7. The zero-order valence-corrected chi connectivity index (χ0v) is 10.8. The van der Waals surface area contributed by atoms with Gasteiger partial charge < -0.3 is 0 Å². The number of hydrogen-bond donors (Lipinski definition) is 0. The molecule has 0 fully saturated rings. The van der Waals surface area contributed by atoms with Gasteiger partial charge in [0.2, 0.25) is 0 Å². The molecule has 0 spiro atoms. The van der Waals surface area contributed by atoms with Gasteiger partial charge in [-0.3, -0.25) is 9.59 Å². The molecule has 4 heteroatoms. The lowest BCUT2D eigenvalue weighted by Crippen LogP contribution is -2.30. The highest BCUT2D eigenvalue weighted by molar-refractivity contribution is 9.12. The number of benzene rings is 2. The van der Waals surface area contributed by atoms with Crippen LogP contribution in [0.1, 0.15) is 0 Å². The molecule has 88 valence electrons. The lowest BCUT2D eigenvalue weighted by atomic mass is 10.1. The Morgan fingerprint density at radius 3 is 2.33 bits per heavy atom. The summed E-state index contributed by atoms with van der Waals surface area (Å²) in [5.74, 6) is -0.641. The van der Waals surface area contributed by atoms with Crippen molar-refractivity contribution in [3.63, 3.8) is 0 Å². The van der Waals surface area contributed by atoms with Crippen molar-refractivity contribution in [3.05, 3.63) is 53.0 Å². The molecule has 2 aromatic carbocycles. The van der Waals surface area contributed by atoms with Crippen molar-refractivity contribution in [2.45, 2.75) is 0 Å². The van der Waals surface area contributed by atoms with E-state index in [0.29, 0.717) is 10.2 Å². The minimum atomic E-state index is -0.324. The van der Waals surface area contributed by atoms with Gasteiger partial charge in [0.1, 0.15) is 0 Å². The Kier molecular flexibility index (Phi) is 2.52. The summed E-state index contributed by atoms with van der Waals surface area (Å²) in [7, 11) is 0. The first-order valence-electron chi connectivity index (χ1n) is 5.41. The zero-order chi connectivity index (χ0) is 12.7. The van der Waals surface area contributed by atoms with Gasteiger partial charge in [0.25, 0.3) is 11.8 Å². The van der Waals surface area contributed by atoms with Crippen molar-refractivity contribution < 1.29 is 9.59 Å². The molecule has 1 heterocycles. The first kappa shape index (κ1) is 11.2. The van der Waals surface area contributed by atoms with Gasteiger partial charge in [-0.1, -0.05) is 30.3 Å². The molecule has 0 aliphatic carbocycles. The zero-order valence-electron chi connectivity index (χ0n) is 9.26. The molecule has 0 saturated carbocycles. The van der Waals surface area contributed by atoms with Crippen LogP contribution in [0.5, 0.6) is 0 Å². The maximum absolute atomic E-state index is 11.8. The van der Waals surface area contributed by atoms with E-state index >= 15 is 0 Å². The summed E-state index contributed by atoms with van der Waals surface area (Å²) in [6.45, 7) is 0. The summed E-state index contributed by atoms with van der Waals surface area (Å²) in [5.41, 5.74) is 0.592. The predicted octanol–water partition coefficient (Wildman–Crippen LogP) is 2.99. The summed E-state index contributed by atoms with van der Waals surface area (Å²) >= 11 is 3.08. The van der Waals surface area contributed by atoms with E-state index in [1.807, 2.05) is 36.4 Å². The van der Waals surface area contributed by atoms with Crippen LogP contribution in [0.3, 0.4) is 0 Å². The Bertz CT molecular complexity index is 706. The Morgan fingerprint density at radius 2 is 1.67 bits per heavy atom. The van der Waals surface area contributed by atoms with Crippen LogP contribution in [0.4, 0.5) is 5.69 Å². The number of fused-ring (bicyclic) bond motifs is 1. The Balaban J connectivity index is 2.11. The van der Waals surface area contributed by atoms with Crippen LogP contribution in [0.2, 0.25) is 0 Å².